The summed E-state index contributed by atoms with van der Waals surface area (Å²) in [6.45, 7) is 2.70. The Balaban J connectivity index is 1.41. The van der Waals surface area contributed by atoms with Crippen molar-refractivity contribution in [3.63, 3.8) is 0 Å². The van der Waals surface area contributed by atoms with Gasteiger partial charge in [0.1, 0.15) is 16.5 Å². The number of carbonyl (C=O) groups is 1. The number of thiophene rings is 1. The Kier molecular flexibility index (Phi) is 5.26. The summed E-state index contributed by atoms with van der Waals surface area (Å²) in [7, 11) is 0. The van der Waals surface area contributed by atoms with Crippen LogP contribution in [0.5, 0.6) is 0 Å². The quantitative estimate of drug-likeness (QED) is 0.717. The number of hydrogen-bond donors (Lipinski definition) is 1. The highest BCUT2D eigenvalue weighted by Crippen LogP contribution is 2.25. The third-order valence-electron chi connectivity index (χ3n) is 4.41. The Labute approximate surface area is 160 Å². The zero-order valence-corrected chi connectivity index (χ0v) is 16.0. The summed E-state index contributed by atoms with van der Waals surface area (Å²) >= 11 is 3.10. The second-order valence-corrected chi connectivity index (χ2v) is 8.14. The Morgan fingerprint density at radius 1 is 1.15 bits per heavy atom. The molecular formula is C19H20N4OS2. The van der Waals surface area contributed by atoms with Crippen LogP contribution in [-0.4, -0.2) is 29.0 Å². The molecule has 4 rings (SSSR count). The molecule has 1 aliphatic rings. The Morgan fingerprint density at radius 3 is 2.77 bits per heavy atom. The summed E-state index contributed by atoms with van der Waals surface area (Å²) < 4.78 is 0. The Morgan fingerprint density at radius 2 is 2.04 bits per heavy atom. The van der Waals surface area contributed by atoms with E-state index in [1.165, 1.54) is 30.6 Å². The fraction of sp³-hybridized carbons (Fsp3) is 0.316. The molecule has 0 radical (unpaired) electrons. The SMILES string of the molecule is O=C(NCc1cccs1)c1csc(-c2ccc(N3CCCCC3)nc2)n1. The monoisotopic (exact) mass is 384 g/mol. The van der Waals surface area contributed by atoms with E-state index < -0.39 is 0 Å². The second-order valence-electron chi connectivity index (χ2n) is 6.25. The van der Waals surface area contributed by atoms with Crippen LogP contribution in [0.3, 0.4) is 0 Å². The highest BCUT2D eigenvalue weighted by molar-refractivity contribution is 7.13. The third kappa shape index (κ3) is 3.94. The van der Waals surface area contributed by atoms with Crippen LogP contribution in [-0.2, 0) is 6.54 Å². The van der Waals surface area contributed by atoms with Gasteiger partial charge in [-0.1, -0.05) is 6.07 Å². The fourth-order valence-electron chi connectivity index (χ4n) is 3.00. The summed E-state index contributed by atoms with van der Waals surface area (Å²) in [4.78, 5) is 24.8. The van der Waals surface area contributed by atoms with Crippen molar-refractivity contribution in [3.05, 3.63) is 51.8 Å². The minimum Gasteiger partial charge on any atom is -0.357 e. The molecular weight excluding hydrogens is 364 g/mol. The van der Waals surface area contributed by atoms with E-state index >= 15 is 0 Å². The number of thiazole rings is 1. The van der Waals surface area contributed by atoms with Crippen LogP contribution in [0, 0.1) is 0 Å². The van der Waals surface area contributed by atoms with E-state index in [4.69, 9.17) is 0 Å². The van der Waals surface area contributed by atoms with Crippen molar-refractivity contribution >= 4 is 34.4 Å². The van der Waals surface area contributed by atoms with Gasteiger partial charge in [0.15, 0.2) is 0 Å². The number of pyridine rings is 1. The van der Waals surface area contributed by atoms with Gasteiger partial charge >= 0.3 is 0 Å². The molecule has 3 aromatic rings. The average Bonchev–Trinajstić information content (AvgIpc) is 3.39. The van der Waals surface area contributed by atoms with Crippen LogP contribution in [0.25, 0.3) is 10.6 Å². The zero-order chi connectivity index (χ0) is 17.8. The molecule has 1 fully saturated rings. The van der Waals surface area contributed by atoms with E-state index in [2.05, 4.69) is 26.3 Å². The fourth-order valence-corrected chi connectivity index (χ4v) is 4.44. The number of piperidine rings is 1. The molecule has 26 heavy (non-hydrogen) atoms. The molecule has 0 atom stereocenters. The lowest BCUT2D eigenvalue weighted by molar-refractivity contribution is 0.0947. The number of amides is 1. The maximum atomic E-state index is 12.3. The van der Waals surface area contributed by atoms with Crippen LogP contribution in [0.2, 0.25) is 0 Å². The van der Waals surface area contributed by atoms with Gasteiger partial charge in [0.2, 0.25) is 0 Å². The van der Waals surface area contributed by atoms with Gasteiger partial charge in [0.05, 0.1) is 6.54 Å². The van der Waals surface area contributed by atoms with Crippen molar-refractivity contribution in [1.29, 1.82) is 0 Å². The largest absolute Gasteiger partial charge is 0.357 e. The number of aromatic nitrogens is 2. The van der Waals surface area contributed by atoms with Gasteiger partial charge in [0.25, 0.3) is 5.91 Å². The van der Waals surface area contributed by atoms with Crippen LogP contribution < -0.4 is 10.2 Å². The van der Waals surface area contributed by atoms with Crippen molar-refractivity contribution in [3.8, 4) is 10.6 Å². The standard InChI is InChI=1S/C19H20N4OS2/c24-18(21-12-15-5-4-10-25-15)16-13-26-19(22-16)14-6-7-17(20-11-14)23-8-2-1-3-9-23/h4-7,10-11,13H,1-3,8-9,12H2,(H,21,24). The predicted molar refractivity (Wildman–Crippen MR) is 107 cm³/mol. The first kappa shape index (κ1) is 17.2. The summed E-state index contributed by atoms with van der Waals surface area (Å²) in [5.74, 6) is 0.887. The molecule has 0 unspecified atom stereocenters. The van der Waals surface area contributed by atoms with Gasteiger partial charge in [-0.15, -0.1) is 22.7 Å². The Bertz CT molecular complexity index is 852. The molecule has 0 aliphatic carbocycles. The number of rotatable bonds is 5. The van der Waals surface area contributed by atoms with Crippen LogP contribution in [0.1, 0.15) is 34.6 Å². The Hall–Kier alpha value is -2.25. The molecule has 5 nitrogen and oxygen atoms in total. The minimum absolute atomic E-state index is 0.140. The van der Waals surface area contributed by atoms with Crippen molar-refractivity contribution in [1.82, 2.24) is 15.3 Å². The number of hydrogen-bond acceptors (Lipinski definition) is 6. The number of carbonyl (C=O) groups excluding carboxylic acids is 1. The summed E-state index contributed by atoms with van der Waals surface area (Å²) in [5, 5.41) is 7.54. The van der Waals surface area contributed by atoms with E-state index in [-0.39, 0.29) is 5.91 Å². The van der Waals surface area contributed by atoms with E-state index in [9.17, 15) is 4.79 Å². The van der Waals surface area contributed by atoms with Crippen molar-refractivity contribution in [2.45, 2.75) is 25.8 Å². The van der Waals surface area contributed by atoms with E-state index in [0.717, 1.165) is 34.4 Å². The normalized spacial score (nSPS) is 14.4. The number of anilines is 1. The molecule has 1 N–H and O–H groups in total. The molecule has 7 heteroatoms. The van der Waals surface area contributed by atoms with Gasteiger partial charge in [-0.25, -0.2) is 9.97 Å². The van der Waals surface area contributed by atoms with E-state index in [1.54, 1.807) is 16.7 Å². The maximum Gasteiger partial charge on any atom is 0.271 e. The van der Waals surface area contributed by atoms with E-state index in [0.29, 0.717) is 12.2 Å². The molecule has 1 aliphatic heterocycles. The van der Waals surface area contributed by atoms with Crippen LogP contribution in [0.4, 0.5) is 5.82 Å². The molecule has 1 saturated heterocycles. The number of nitrogens with zero attached hydrogens (tertiary/aromatic N) is 3. The summed E-state index contributed by atoms with van der Waals surface area (Å²) in [6.07, 6.45) is 5.64. The summed E-state index contributed by atoms with van der Waals surface area (Å²) in [6, 6.07) is 8.09. The zero-order valence-electron chi connectivity index (χ0n) is 14.4. The van der Waals surface area contributed by atoms with Crippen molar-refractivity contribution in [2.75, 3.05) is 18.0 Å². The predicted octanol–water partition coefficient (Wildman–Crippen LogP) is 4.19. The van der Waals surface area contributed by atoms with Gasteiger partial charge in [0, 0.05) is 35.1 Å². The minimum atomic E-state index is -0.140. The van der Waals surface area contributed by atoms with Crippen molar-refractivity contribution < 1.29 is 4.79 Å². The smallest absolute Gasteiger partial charge is 0.271 e. The topological polar surface area (TPSA) is 58.1 Å². The first-order chi connectivity index (χ1) is 12.8. The van der Waals surface area contributed by atoms with E-state index in [1.807, 2.05) is 29.8 Å². The molecule has 134 valence electrons. The first-order valence-corrected chi connectivity index (χ1v) is 10.5. The maximum absolute atomic E-state index is 12.3. The molecule has 0 spiro atoms. The first-order valence-electron chi connectivity index (χ1n) is 8.77. The van der Waals surface area contributed by atoms with Crippen molar-refractivity contribution in [2.24, 2.45) is 0 Å². The molecule has 1 amide bonds. The van der Waals surface area contributed by atoms with Gasteiger partial charge in [-0.05, 0) is 42.8 Å². The molecule has 0 saturated carbocycles. The second kappa shape index (κ2) is 7.97. The average molecular weight is 385 g/mol. The molecule has 0 aromatic carbocycles. The lowest BCUT2D eigenvalue weighted by Gasteiger charge is -2.27. The van der Waals surface area contributed by atoms with Gasteiger partial charge < -0.3 is 10.2 Å². The van der Waals surface area contributed by atoms with Crippen LogP contribution >= 0.6 is 22.7 Å². The number of nitrogens with one attached hydrogen (secondary N) is 1. The van der Waals surface area contributed by atoms with Crippen LogP contribution in [0.15, 0.2) is 41.2 Å². The molecule has 4 heterocycles. The highest BCUT2D eigenvalue weighted by Gasteiger charge is 2.14. The highest BCUT2D eigenvalue weighted by atomic mass is 32.1. The summed E-state index contributed by atoms with van der Waals surface area (Å²) in [5.41, 5.74) is 1.41. The third-order valence-corrected chi connectivity index (χ3v) is 6.18. The molecule has 0 bridgehead atoms. The lowest BCUT2D eigenvalue weighted by Crippen LogP contribution is -2.29. The van der Waals surface area contributed by atoms with Gasteiger partial charge in [-0.3, -0.25) is 4.79 Å². The lowest BCUT2D eigenvalue weighted by atomic mass is 10.1. The van der Waals surface area contributed by atoms with Gasteiger partial charge in [-0.2, -0.15) is 0 Å². The molecule has 3 aromatic heterocycles.